The Hall–Kier alpha value is -3.91. The van der Waals surface area contributed by atoms with Crippen LogP contribution >= 0.6 is 23.2 Å². The molecule has 0 bridgehead atoms. The predicted octanol–water partition coefficient (Wildman–Crippen LogP) is 4.87. The van der Waals surface area contributed by atoms with Gasteiger partial charge in [0.25, 0.3) is 21.6 Å². The number of benzene rings is 3. The number of nitro benzene ring substituents is 1. The lowest BCUT2D eigenvalue weighted by molar-refractivity contribution is -0.384. The number of sulfonamides is 1. The summed E-state index contributed by atoms with van der Waals surface area (Å²) in [5, 5.41) is 20.8. The van der Waals surface area contributed by atoms with E-state index in [0.717, 1.165) is 17.2 Å². The molecule has 0 radical (unpaired) electrons. The summed E-state index contributed by atoms with van der Waals surface area (Å²) < 4.78 is 36.0. The summed E-state index contributed by atoms with van der Waals surface area (Å²) in [6.07, 6.45) is 0.530. The summed E-state index contributed by atoms with van der Waals surface area (Å²) in [7, 11) is -4.49. The monoisotopic (exact) mass is 660 g/mol. The van der Waals surface area contributed by atoms with Crippen molar-refractivity contribution in [1.82, 2.24) is 19.8 Å². The van der Waals surface area contributed by atoms with E-state index in [1.165, 1.54) is 18.2 Å². The maximum absolute atomic E-state index is 13.3. The highest BCUT2D eigenvalue weighted by Gasteiger charge is 2.28. The van der Waals surface area contributed by atoms with Crippen LogP contribution in [0.1, 0.15) is 28.0 Å². The Balaban J connectivity index is 1.34. The van der Waals surface area contributed by atoms with Gasteiger partial charge in [-0.15, -0.1) is 0 Å². The van der Waals surface area contributed by atoms with Gasteiger partial charge in [0.2, 0.25) is 0 Å². The molecule has 1 aliphatic rings. The van der Waals surface area contributed by atoms with Gasteiger partial charge in [-0.25, -0.2) is 13.1 Å². The quantitative estimate of drug-likeness (QED) is 0.138. The molecule has 12 nitrogen and oxygen atoms in total. The summed E-state index contributed by atoms with van der Waals surface area (Å²) in [5.74, 6) is -0.304. The molecule has 2 N–H and O–H groups in total. The summed E-state index contributed by atoms with van der Waals surface area (Å²) in [4.78, 5) is 25.9. The van der Waals surface area contributed by atoms with Crippen LogP contribution in [0.3, 0.4) is 0 Å². The molecule has 1 aromatic heterocycles. The second-order valence-corrected chi connectivity index (χ2v) is 12.9. The molecule has 0 atom stereocenters. The molecule has 232 valence electrons. The zero-order valence-corrected chi connectivity index (χ0v) is 26.3. The van der Waals surface area contributed by atoms with Crippen LogP contribution in [0.25, 0.3) is 10.9 Å². The maximum Gasteiger partial charge on any atom is 0.293 e. The van der Waals surface area contributed by atoms with Gasteiger partial charge in [-0.1, -0.05) is 23.2 Å². The molecular weight excluding hydrogens is 631 g/mol. The fourth-order valence-electron chi connectivity index (χ4n) is 5.10. The Morgan fingerprint density at radius 3 is 2.48 bits per heavy atom. The molecule has 1 aliphatic heterocycles. The van der Waals surface area contributed by atoms with E-state index >= 15 is 0 Å². The lowest BCUT2D eigenvalue weighted by Gasteiger charge is -2.29. The lowest BCUT2D eigenvalue weighted by atomic mass is 10.1. The molecule has 1 saturated heterocycles. The summed E-state index contributed by atoms with van der Waals surface area (Å²) in [6, 6.07) is 12.2. The normalized spacial score (nSPS) is 13.7. The Labute approximate surface area is 264 Å². The van der Waals surface area contributed by atoms with Crippen LogP contribution in [0.4, 0.5) is 11.4 Å². The van der Waals surface area contributed by atoms with Crippen molar-refractivity contribution in [2.45, 2.75) is 31.7 Å². The van der Waals surface area contributed by atoms with Crippen LogP contribution in [0.5, 0.6) is 5.75 Å². The van der Waals surface area contributed by atoms with Crippen LogP contribution in [0, 0.1) is 24.0 Å². The standard InChI is InChI=1S/C29H30Cl2N6O6S/c1-18-14-21(15-19(2)27(18)31)43-13-3-10-36-24-6-4-20(30)16-23(24)28(33-36)29(38)34-44(41,42)22-5-7-25(26(17-22)37(39)40)35-11-8-32-9-12-35/h4-7,14-17,32H,3,8-13H2,1-2H3,(H,34,38). The largest absolute Gasteiger partial charge is 0.494 e. The highest BCUT2D eigenvalue weighted by Crippen LogP contribution is 2.32. The molecule has 0 unspecified atom stereocenters. The second-order valence-electron chi connectivity index (χ2n) is 10.4. The number of nitrogens with one attached hydrogen (secondary N) is 2. The van der Waals surface area contributed by atoms with Gasteiger partial charge in [0, 0.05) is 60.6 Å². The number of ether oxygens (including phenoxy) is 1. The minimum absolute atomic E-state index is 0.150. The molecule has 5 rings (SSSR count). The van der Waals surface area contributed by atoms with E-state index in [2.05, 4.69) is 10.4 Å². The second kappa shape index (κ2) is 13.0. The van der Waals surface area contributed by atoms with Crippen molar-refractivity contribution < 1.29 is 22.9 Å². The van der Waals surface area contributed by atoms with E-state index in [1.54, 1.807) is 16.8 Å². The van der Waals surface area contributed by atoms with E-state index < -0.39 is 25.7 Å². The van der Waals surface area contributed by atoms with Crippen LogP contribution in [0.15, 0.2) is 53.4 Å². The first-order valence-electron chi connectivity index (χ1n) is 13.8. The average Bonchev–Trinajstić information content (AvgIpc) is 3.35. The first kappa shape index (κ1) is 31.5. The molecule has 15 heteroatoms. The van der Waals surface area contributed by atoms with Gasteiger partial charge >= 0.3 is 0 Å². The molecule has 2 heterocycles. The van der Waals surface area contributed by atoms with Gasteiger partial charge in [-0.05, 0) is 67.4 Å². The minimum Gasteiger partial charge on any atom is -0.494 e. The maximum atomic E-state index is 13.3. The molecule has 1 amide bonds. The highest BCUT2D eigenvalue weighted by molar-refractivity contribution is 7.90. The number of fused-ring (bicyclic) bond motifs is 1. The van der Waals surface area contributed by atoms with Gasteiger partial charge < -0.3 is 15.0 Å². The van der Waals surface area contributed by atoms with E-state index in [-0.39, 0.29) is 11.4 Å². The Morgan fingerprint density at radius 1 is 1.09 bits per heavy atom. The number of carbonyl (C=O) groups excluding carboxylic acids is 1. The predicted molar refractivity (Wildman–Crippen MR) is 169 cm³/mol. The molecule has 0 spiro atoms. The van der Waals surface area contributed by atoms with Crippen LogP contribution in [-0.2, 0) is 16.6 Å². The Morgan fingerprint density at radius 2 is 1.80 bits per heavy atom. The summed E-state index contributed by atoms with van der Waals surface area (Å²) in [5.41, 5.74) is 2.19. The number of aromatic nitrogens is 2. The molecular formula is C29H30Cl2N6O6S. The third kappa shape index (κ3) is 6.75. The molecule has 44 heavy (non-hydrogen) atoms. The number of piperazine rings is 1. The van der Waals surface area contributed by atoms with Crippen molar-refractivity contribution in [1.29, 1.82) is 0 Å². The van der Waals surface area contributed by atoms with E-state index in [1.807, 2.05) is 35.6 Å². The van der Waals surface area contributed by atoms with E-state index in [4.69, 9.17) is 27.9 Å². The third-order valence-corrected chi connectivity index (χ3v) is 9.42. The summed E-state index contributed by atoms with van der Waals surface area (Å²) >= 11 is 12.4. The first-order valence-corrected chi connectivity index (χ1v) is 16.1. The highest BCUT2D eigenvalue weighted by atomic mass is 35.5. The molecule has 1 fully saturated rings. The van der Waals surface area contributed by atoms with Crippen LogP contribution in [0.2, 0.25) is 10.0 Å². The van der Waals surface area contributed by atoms with Gasteiger partial charge in [0.1, 0.15) is 11.4 Å². The number of carbonyl (C=O) groups is 1. The van der Waals surface area contributed by atoms with Crippen molar-refractivity contribution in [3.63, 3.8) is 0 Å². The molecule has 4 aromatic rings. The summed E-state index contributed by atoms with van der Waals surface area (Å²) in [6.45, 7) is 6.89. The minimum atomic E-state index is -4.49. The van der Waals surface area contributed by atoms with Crippen LogP contribution in [-0.4, -0.2) is 61.8 Å². The van der Waals surface area contributed by atoms with Crippen molar-refractivity contribution in [3.05, 3.63) is 85.5 Å². The Bertz CT molecular complexity index is 1830. The zero-order valence-electron chi connectivity index (χ0n) is 24.0. The third-order valence-electron chi connectivity index (χ3n) is 7.26. The van der Waals surface area contributed by atoms with Crippen molar-refractivity contribution in [3.8, 4) is 5.75 Å². The number of aryl methyl sites for hydroxylation is 3. The molecule has 0 saturated carbocycles. The zero-order chi connectivity index (χ0) is 31.6. The molecule has 3 aromatic carbocycles. The van der Waals surface area contributed by atoms with Gasteiger partial charge in [0.15, 0.2) is 5.69 Å². The smallest absolute Gasteiger partial charge is 0.293 e. The number of halogens is 2. The van der Waals surface area contributed by atoms with E-state index in [0.29, 0.717) is 78.1 Å². The van der Waals surface area contributed by atoms with Crippen molar-refractivity contribution in [2.75, 3.05) is 37.7 Å². The molecule has 0 aliphatic carbocycles. The number of nitro groups is 1. The van der Waals surface area contributed by atoms with Gasteiger partial charge in [0.05, 0.1) is 21.9 Å². The van der Waals surface area contributed by atoms with Crippen LogP contribution < -0.4 is 19.7 Å². The first-order chi connectivity index (χ1) is 20.9. The van der Waals surface area contributed by atoms with Gasteiger partial charge in [-0.3, -0.25) is 19.6 Å². The SMILES string of the molecule is Cc1cc(OCCCn2nc(C(=O)NS(=O)(=O)c3ccc(N4CCNCC4)c([N+](=O)[O-])c3)c3cc(Cl)ccc32)cc(C)c1Cl. The van der Waals surface area contributed by atoms with Crippen molar-refractivity contribution >= 4 is 61.4 Å². The van der Waals surface area contributed by atoms with Gasteiger partial charge in [-0.2, -0.15) is 5.10 Å². The number of amides is 1. The van der Waals surface area contributed by atoms with Crippen molar-refractivity contribution in [2.24, 2.45) is 0 Å². The fourth-order valence-corrected chi connectivity index (χ4v) is 6.36. The lowest BCUT2D eigenvalue weighted by Crippen LogP contribution is -2.43. The number of hydrogen-bond acceptors (Lipinski definition) is 9. The number of nitrogens with zero attached hydrogens (tertiary/aromatic N) is 4. The number of anilines is 1. The number of rotatable bonds is 10. The topological polar surface area (TPSA) is 149 Å². The average molecular weight is 662 g/mol. The fraction of sp³-hybridized carbons (Fsp3) is 0.310. The Kier molecular flexibility index (Phi) is 9.30. The number of hydrogen-bond donors (Lipinski definition) is 2. The van der Waals surface area contributed by atoms with E-state index in [9.17, 15) is 23.3 Å².